The van der Waals surface area contributed by atoms with Gasteiger partial charge in [0.1, 0.15) is 6.42 Å². The van der Waals surface area contributed by atoms with Gasteiger partial charge in [0.2, 0.25) is 5.91 Å². The van der Waals surface area contributed by atoms with Crippen molar-refractivity contribution in [2.75, 3.05) is 13.7 Å². The number of carbonyl (C=O) groups is 2. The van der Waals surface area contributed by atoms with Crippen molar-refractivity contribution in [3.05, 3.63) is 0 Å². The molecule has 0 unspecified atom stereocenters. The van der Waals surface area contributed by atoms with Gasteiger partial charge in [-0.2, -0.15) is 5.26 Å². The van der Waals surface area contributed by atoms with Gasteiger partial charge >= 0.3 is 5.97 Å². The second kappa shape index (κ2) is 5.97. The number of hydrogen-bond acceptors (Lipinski definition) is 5. The van der Waals surface area contributed by atoms with E-state index in [4.69, 9.17) is 10.4 Å². The minimum absolute atomic E-state index is 0.354. The van der Waals surface area contributed by atoms with Crippen LogP contribution in [0.2, 0.25) is 0 Å². The highest BCUT2D eigenvalue weighted by molar-refractivity contribution is 5.85. The van der Waals surface area contributed by atoms with Gasteiger partial charge in [-0.25, -0.2) is 4.79 Å². The van der Waals surface area contributed by atoms with Crippen molar-refractivity contribution in [2.45, 2.75) is 12.5 Å². The lowest BCUT2D eigenvalue weighted by Gasteiger charge is -2.12. The molecule has 0 aliphatic heterocycles. The molecule has 2 N–H and O–H groups in total. The van der Waals surface area contributed by atoms with Crippen LogP contribution in [0.25, 0.3) is 0 Å². The normalized spacial score (nSPS) is 11.2. The van der Waals surface area contributed by atoms with Gasteiger partial charge in [-0.15, -0.1) is 0 Å². The molecular weight excluding hydrogens is 176 g/mol. The molecule has 0 radical (unpaired) electrons. The van der Waals surface area contributed by atoms with E-state index in [0.717, 1.165) is 7.11 Å². The monoisotopic (exact) mass is 186 g/mol. The summed E-state index contributed by atoms with van der Waals surface area (Å²) in [6.07, 6.45) is -0.354. The largest absolute Gasteiger partial charge is 0.467 e. The zero-order chi connectivity index (χ0) is 10.3. The SMILES string of the molecule is COC(=O)[C@H](CO)NC(=O)CC#N. The van der Waals surface area contributed by atoms with Crippen LogP contribution < -0.4 is 5.32 Å². The van der Waals surface area contributed by atoms with Crippen molar-refractivity contribution >= 4 is 11.9 Å². The quantitative estimate of drug-likeness (QED) is 0.523. The number of amides is 1. The molecule has 0 spiro atoms. The van der Waals surface area contributed by atoms with E-state index < -0.39 is 24.5 Å². The summed E-state index contributed by atoms with van der Waals surface area (Å²) in [4.78, 5) is 21.6. The van der Waals surface area contributed by atoms with Crippen LogP contribution in [0.1, 0.15) is 6.42 Å². The molecule has 0 rings (SSSR count). The van der Waals surface area contributed by atoms with Gasteiger partial charge in [0.05, 0.1) is 19.8 Å². The Balaban J connectivity index is 4.06. The van der Waals surface area contributed by atoms with E-state index in [0.29, 0.717) is 0 Å². The summed E-state index contributed by atoms with van der Waals surface area (Å²) in [6, 6.07) is 0.516. The van der Waals surface area contributed by atoms with Crippen LogP contribution >= 0.6 is 0 Å². The Morgan fingerprint density at radius 1 is 1.69 bits per heavy atom. The predicted octanol–water partition coefficient (Wildman–Crippen LogP) is -1.45. The second-order valence-electron chi connectivity index (χ2n) is 2.16. The molecule has 6 nitrogen and oxygen atoms in total. The van der Waals surface area contributed by atoms with Crippen molar-refractivity contribution in [1.29, 1.82) is 5.26 Å². The predicted molar refractivity (Wildman–Crippen MR) is 41.3 cm³/mol. The molecule has 13 heavy (non-hydrogen) atoms. The number of methoxy groups -OCH3 is 1. The smallest absolute Gasteiger partial charge is 0.330 e. The third-order valence-electron chi connectivity index (χ3n) is 1.24. The lowest BCUT2D eigenvalue weighted by Crippen LogP contribution is -2.43. The van der Waals surface area contributed by atoms with Gasteiger partial charge in [-0.3, -0.25) is 4.79 Å². The maximum Gasteiger partial charge on any atom is 0.330 e. The van der Waals surface area contributed by atoms with Gasteiger partial charge in [0.25, 0.3) is 0 Å². The van der Waals surface area contributed by atoms with Crippen LogP contribution in [-0.4, -0.2) is 36.7 Å². The number of aliphatic hydroxyl groups excluding tert-OH is 1. The average Bonchev–Trinajstić information content (AvgIpc) is 2.13. The van der Waals surface area contributed by atoms with Crippen molar-refractivity contribution in [3.63, 3.8) is 0 Å². The summed E-state index contributed by atoms with van der Waals surface area (Å²) >= 11 is 0. The maximum atomic E-state index is 10.8. The third-order valence-corrected chi connectivity index (χ3v) is 1.24. The first kappa shape index (κ1) is 11.4. The standard InChI is InChI=1S/C7H10N2O4/c1-13-7(12)5(4-10)9-6(11)2-3-8/h5,10H,2,4H2,1H3,(H,9,11)/t5-/m0/s1. The summed E-state index contributed by atoms with van der Waals surface area (Å²) in [5.74, 6) is -1.36. The second-order valence-corrected chi connectivity index (χ2v) is 2.16. The number of rotatable bonds is 4. The summed E-state index contributed by atoms with van der Waals surface area (Å²) in [7, 11) is 1.14. The molecule has 0 fully saturated rings. The number of aliphatic hydroxyl groups is 1. The molecule has 0 aromatic heterocycles. The Bertz CT molecular complexity index is 233. The van der Waals surface area contributed by atoms with E-state index in [1.807, 2.05) is 0 Å². The van der Waals surface area contributed by atoms with Gasteiger partial charge in [-0.1, -0.05) is 0 Å². The number of carbonyl (C=O) groups excluding carboxylic acids is 2. The molecule has 0 heterocycles. The van der Waals surface area contributed by atoms with Crippen molar-refractivity contribution in [2.24, 2.45) is 0 Å². The minimum atomic E-state index is -1.09. The van der Waals surface area contributed by atoms with Crippen LogP contribution in [0.5, 0.6) is 0 Å². The fourth-order valence-electron chi connectivity index (χ4n) is 0.639. The average molecular weight is 186 g/mol. The number of nitrogens with zero attached hydrogens (tertiary/aromatic N) is 1. The van der Waals surface area contributed by atoms with Gasteiger partial charge in [-0.05, 0) is 0 Å². The van der Waals surface area contributed by atoms with Crippen LogP contribution in [-0.2, 0) is 14.3 Å². The topological polar surface area (TPSA) is 99.4 Å². The van der Waals surface area contributed by atoms with E-state index in [-0.39, 0.29) is 6.42 Å². The van der Waals surface area contributed by atoms with E-state index >= 15 is 0 Å². The molecule has 0 aliphatic carbocycles. The summed E-state index contributed by atoms with van der Waals surface area (Å²) in [5.41, 5.74) is 0. The van der Waals surface area contributed by atoms with E-state index in [9.17, 15) is 9.59 Å². The van der Waals surface area contributed by atoms with E-state index in [1.165, 1.54) is 0 Å². The Labute approximate surface area is 75.1 Å². The third kappa shape index (κ3) is 4.08. The van der Waals surface area contributed by atoms with Crippen molar-refractivity contribution < 1.29 is 19.4 Å². The molecule has 72 valence electrons. The fourth-order valence-corrected chi connectivity index (χ4v) is 0.639. The molecule has 0 aromatic carbocycles. The van der Waals surface area contributed by atoms with Gasteiger partial charge in [0.15, 0.2) is 6.04 Å². The molecule has 1 amide bonds. The fraction of sp³-hybridized carbons (Fsp3) is 0.571. The highest BCUT2D eigenvalue weighted by Crippen LogP contribution is 1.88. The number of ether oxygens (including phenoxy) is 1. The Morgan fingerprint density at radius 3 is 2.69 bits per heavy atom. The summed E-state index contributed by atoms with van der Waals surface area (Å²) in [5, 5.41) is 18.9. The molecule has 0 aromatic rings. The molecule has 0 bridgehead atoms. The summed E-state index contributed by atoms with van der Waals surface area (Å²) in [6.45, 7) is -0.552. The first-order valence-corrected chi connectivity index (χ1v) is 3.50. The van der Waals surface area contributed by atoms with Gasteiger partial charge < -0.3 is 15.2 Å². The van der Waals surface area contributed by atoms with Crippen LogP contribution in [0, 0.1) is 11.3 Å². The first-order chi connectivity index (χ1) is 6.15. The van der Waals surface area contributed by atoms with E-state index in [1.54, 1.807) is 6.07 Å². The maximum absolute atomic E-state index is 10.8. The highest BCUT2D eigenvalue weighted by Gasteiger charge is 2.19. The zero-order valence-corrected chi connectivity index (χ0v) is 7.11. The van der Waals surface area contributed by atoms with Gasteiger partial charge in [0, 0.05) is 0 Å². The van der Waals surface area contributed by atoms with Crippen molar-refractivity contribution in [3.8, 4) is 6.07 Å². The number of nitriles is 1. The molecule has 0 saturated carbocycles. The number of esters is 1. The first-order valence-electron chi connectivity index (χ1n) is 3.50. The Hall–Kier alpha value is -1.61. The molecular formula is C7H10N2O4. The minimum Gasteiger partial charge on any atom is -0.467 e. The zero-order valence-electron chi connectivity index (χ0n) is 7.11. The highest BCUT2D eigenvalue weighted by atomic mass is 16.5. The summed E-state index contributed by atoms with van der Waals surface area (Å²) < 4.78 is 4.29. The van der Waals surface area contributed by atoms with Crippen molar-refractivity contribution in [1.82, 2.24) is 5.32 Å². The molecule has 0 saturated heterocycles. The lowest BCUT2D eigenvalue weighted by atomic mass is 10.3. The lowest BCUT2D eigenvalue weighted by molar-refractivity contribution is -0.146. The number of hydrogen-bond donors (Lipinski definition) is 2. The van der Waals surface area contributed by atoms with Crippen LogP contribution in [0.4, 0.5) is 0 Å². The molecule has 0 aliphatic rings. The molecule has 1 atom stereocenters. The van der Waals surface area contributed by atoms with E-state index in [2.05, 4.69) is 10.1 Å². The number of nitrogens with one attached hydrogen (secondary N) is 1. The van der Waals surface area contributed by atoms with Crippen LogP contribution in [0.3, 0.4) is 0 Å². The Kier molecular flexibility index (Phi) is 5.23. The molecule has 6 heteroatoms. The Morgan fingerprint density at radius 2 is 2.31 bits per heavy atom. The van der Waals surface area contributed by atoms with Crippen LogP contribution in [0.15, 0.2) is 0 Å².